The van der Waals surface area contributed by atoms with Gasteiger partial charge in [-0.15, -0.1) is 11.8 Å². The molecule has 0 radical (unpaired) electrons. The molecule has 0 aliphatic heterocycles. The molecule has 30 heavy (non-hydrogen) atoms. The summed E-state index contributed by atoms with van der Waals surface area (Å²) in [5.41, 5.74) is -1.90. The second-order valence-electron chi connectivity index (χ2n) is 6.67. The lowest BCUT2D eigenvalue weighted by Crippen LogP contribution is -2.14. The van der Waals surface area contributed by atoms with Crippen LogP contribution in [0, 0.1) is 0 Å². The van der Waals surface area contributed by atoms with Gasteiger partial charge >= 0.3 is 13.3 Å². The van der Waals surface area contributed by atoms with Gasteiger partial charge in [-0.1, -0.05) is 58.4 Å². The summed E-state index contributed by atoms with van der Waals surface area (Å²) in [6, 6.07) is 18.0. The summed E-state index contributed by atoms with van der Waals surface area (Å²) >= 11 is 4.71. The van der Waals surface area contributed by atoms with E-state index < -0.39 is 18.8 Å². The van der Waals surface area contributed by atoms with Crippen LogP contribution in [0.1, 0.15) is 27.5 Å². The van der Waals surface area contributed by atoms with Gasteiger partial charge in [-0.2, -0.15) is 8.78 Å². The van der Waals surface area contributed by atoms with Gasteiger partial charge in [0.25, 0.3) is 0 Å². The van der Waals surface area contributed by atoms with E-state index >= 15 is 0 Å². The Balaban J connectivity index is 1.79. The van der Waals surface area contributed by atoms with Gasteiger partial charge in [0.15, 0.2) is 0 Å². The SMILES string of the molecule is O=P(O)(O)C(F)(F)c1ccc(CSC(Cc2ccncc2)c2ccccc2)cc1Br. The number of halogens is 3. The van der Waals surface area contributed by atoms with Crippen LogP contribution in [0.5, 0.6) is 0 Å². The first kappa shape index (κ1) is 23.1. The molecule has 2 N–H and O–H groups in total. The zero-order chi connectivity index (χ0) is 21.8. The Labute approximate surface area is 186 Å². The molecule has 0 saturated carbocycles. The predicted octanol–water partition coefficient (Wildman–Crippen LogP) is 6.29. The number of pyridine rings is 1. The normalized spacial score (nSPS) is 13.2. The van der Waals surface area contributed by atoms with Crippen LogP contribution < -0.4 is 0 Å². The molecule has 0 spiro atoms. The average molecular weight is 514 g/mol. The Kier molecular flexibility index (Phi) is 7.47. The summed E-state index contributed by atoms with van der Waals surface area (Å²) in [5.74, 6) is 0.547. The van der Waals surface area contributed by atoms with Crippen molar-refractivity contribution in [3.8, 4) is 0 Å². The summed E-state index contributed by atoms with van der Waals surface area (Å²) < 4.78 is 39.2. The quantitative estimate of drug-likeness (QED) is 0.346. The number of thioether (sulfide) groups is 1. The number of nitrogens with zero attached hydrogens (tertiary/aromatic N) is 1. The van der Waals surface area contributed by atoms with Crippen LogP contribution >= 0.6 is 35.3 Å². The van der Waals surface area contributed by atoms with Crippen LogP contribution in [-0.2, 0) is 22.4 Å². The lowest BCUT2D eigenvalue weighted by molar-refractivity contribution is 0.0557. The maximum Gasteiger partial charge on any atom is 0.399 e. The highest BCUT2D eigenvalue weighted by Crippen LogP contribution is 2.60. The fraction of sp³-hybridized carbons (Fsp3) is 0.190. The molecule has 158 valence electrons. The van der Waals surface area contributed by atoms with Crippen molar-refractivity contribution in [2.24, 2.45) is 0 Å². The molecule has 1 aromatic heterocycles. The van der Waals surface area contributed by atoms with Gasteiger partial charge in [-0.3, -0.25) is 9.55 Å². The summed E-state index contributed by atoms with van der Waals surface area (Å²) in [5, 5.41) is 0.142. The highest BCUT2D eigenvalue weighted by atomic mass is 79.9. The first-order chi connectivity index (χ1) is 14.2. The summed E-state index contributed by atoms with van der Waals surface area (Å²) in [6.45, 7) is 0. The van der Waals surface area contributed by atoms with E-state index in [4.69, 9.17) is 9.79 Å². The summed E-state index contributed by atoms with van der Waals surface area (Å²) in [4.78, 5) is 22.0. The zero-order valence-electron chi connectivity index (χ0n) is 15.7. The van der Waals surface area contributed by atoms with Crippen molar-refractivity contribution in [3.05, 3.63) is 99.8 Å². The first-order valence-electron chi connectivity index (χ1n) is 8.96. The second-order valence-corrected chi connectivity index (χ2v) is 10.4. The van der Waals surface area contributed by atoms with Gasteiger partial charge < -0.3 is 9.79 Å². The molecule has 1 atom stereocenters. The van der Waals surface area contributed by atoms with Crippen LogP contribution in [0.2, 0.25) is 0 Å². The molecule has 0 amide bonds. The highest BCUT2D eigenvalue weighted by Gasteiger charge is 2.51. The summed E-state index contributed by atoms with van der Waals surface area (Å²) in [6.07, 6.45) is 4.28. The number of benzene rings is 2. The molecule has 1 unspecified atom stereocenters. The Morgan fingerprint density at radius 3 is 2.30 bits per heavy atom. The molecule has 0 aliphatic rings. The van der Waals surface area contributed by atoms with Crippen molar-refractivity contribution in [2.45, 2.75) is 23.1 Å². The third-order valence-corrected chi connectivity index (χ3v) is 7.49. The van der Waals surface area contributed by atoms with Gasteiger partial charge in [0.1, 0.15) is 0 Å². The lowest BCUT2D eigenvalue weighted by Gasteiger charge is -2.20. The van der Waals surface area contributed by atoms with Crippen LogP contribution in [0.25, 0.3) is 0 Å². The van der Waals surface area contributed by atoms with E-state index in [-0.39, 0.29) is 9.72 Å². The molecule has 0 saturated heterocycles. The van der Waals surface area contributed by atoms with E-state index in [0.29, 0.717) is 5.75 Å². The molecule has 1 heterocycles. The average Bonchev–Trinajstić information content (AvgIpc) is 2.71. The highest BCUT2D eigenvalue weighted by molar-refractivity contribution is 9.10. The molecule has 3 aromatic rings. The fourth-order valence-corrected chi connectivity index (χ4v) is 5.49. The smallest absolute Gasteiger partial charge is 0.320 e. The Hall–Kier alpha value is -1.57. The molecule has 3 rings (SSSR count). The number of hydrogen-bond donors (Lipinski definition) is 2. The van der Waals surface area contributed by atoms with Crippen LogP contribution in [0.15, 0.2) is 77.5 Å². The van der Waals surface area contributed by atoms with Gasteiger partial charge in [0.2, 0.25) is 0 Å². The van der Waals surface area contributed by atoms with Crippen molar-refractivity contribution in [1.82, 2.24) is 4.98 Å². The third-order valence-electron chi connectivity index (χ3n) is 4.52. The second kappa shape index (κ2) is 9.71. The molecular formula is C21H19BrF2NO3PS. The molecule has 0 fully saturated rings. The first-order valence-corrected chi connectivity index (χ1v) is 12.4. The van der Waals surface area contributed by atoms with E-state index in [2.05, 4.69) is 33.0 Å². The lowest BCUT2D eigenvalue weighted by atomic mass is 10.1. The van der Waals surface area contributed by atoms with E-state index in [1.54, 1.807) is 24.2 Å². The topological polar surface area (TPSA) is 70.4 Å². The Morgan fingerprint density at radius 2 is 1.70 bits per heavy atom. The van der Waals surface area contributed by atoms with Gasteiger partial charge in [0, 0.05) is 33.4 Å². The minimum atomic E-state index is -5.62. The van der Waals surface area contributed by atoms with Crippen molar-refractivity contribution < 1.29 is 23.1 Å². The Bertz CT molecular complexity index is 1030. The monoisotopic (exact) mass is 513 g/mol. The van der Waals surface area contributed by atoms with E-state index in [0.717, 1.165) is 29.2 Å². The molecule has 2 aromatic carbocycles. The van der Waals surface area contributed by atoms with E-state index in [9.17, 15) is 13.3 Å². The maximum atomic E-state index is 14.0. The number of alkyl halides is 2. The molecule has 0 aliphatic carbocycles. The minimum Gasteiger partial charge on any atom is -0.320 e. The van der Waals surface area contributed by atoms with E-state index in [1.807, 2.05) is 30.3 Å². The van der Waals surface area contributed by atoms with Gasteiger partial charge in [-0.25, -0.2) is 0 Å². The van der Waals surface area contributed by atoms with Crippen LogP contribution in [-0.4, -0.2) is 14.8 Å². The van der Waals surface area contributed by atoms with Crippen molar-refractivity contribution in [2.75, 3.05) is 0 Å². The molecule has 4 nitrogen and oxygen atoms in total. The van der Waals surface area contributed by atoms with Crippen LogP contribution in [0.3, 0.4) is 0 Å². The largest absolute Gasteiger partial charge is 0.399 e. The fourth-order valence-electron chi connectivity index (χ4n) is 2.92. The van der Waals surface area contributed by atoms with Gasteiger partial charge in [0.05, 0.1) is 0 Å². The van der Waals surface area contributed by atoms with Crippen molar-refractivity contribution in [3.63, 3.8) is 0 Å². The van der Waals surface area contributed by atoms with Crippen LogP contribution in [0.4, 0.5) is 8.78 Å². The number of hydrogen-bond acceptors (Lipinski definition) is 3. The minimum absolute atomic E-state index is 0.0284. The molecule has 0 bridgehead atoms. The maximum absolute atomic E-state index is 14.0. The van der Waals surface area contributed by atoms with Crippen molar-refractivity contribution in [1.29, 1.82) is 0 Å². The number of aromatic nitrogens is 1. The summed E-state index contributed by atoms with van der Waals surface area (Å²) in [7, 11) is -5.62. The number of rotatable bonds is 8. The molecular weight excluding hydrogens is 495 g/mol. The van der Waals surface area contributed by atoms with Gasteiger partial charge in [-0.05, 0) is 41.3 Å². The van der Waals surface area contributed by atoms with E-state index in [1.165, 1.54) is 12.1 Å². The third kappa shape index (κ3) is 5.56. The predicted molar refractivity (Wildman–Crippen MR) is 118 cm³/mol. The Morgan fingerprint density at radius 1 is 1.03 bits per heavy atom. The van der Waals surface area contributed by atoms with Crippen molar-refractivity contribution >= 4 is 35.3 Å². The zero-order valence-corrected chi connectivity index (χ0v) is 19.0. The standard InChI is InChI=1S/C21H19BrF2NO3PS/c22-19-12-16(6-7-18(19)21(23,24)29(26,27)28)14-30-20(17-4-2-1-3-5-17)13-15-8-10-25-11-9-15/h1-12,20H,13-14H2,(H2,26,27,28). The molecule has 9 heteroatoms.